The van der Waals surface area contributed by atoms with Crippen molar-refractivity contribution in [2.45, 2.75) is 19.0 Å². The van der Waals surface area contributed by atoms with Crippen molar-refractivity contribution in [3.8, 4) is 23.0 Å². The molecule has 0 saturated carbocycles. The third kappa shape index (κ3) is 4.04. The van der Waals surface area contributed by atoms with Gasteiger partial charge >= 0.3 is 17.9 Å². The van der Waals surface area contributed by atoms with E-state index in [0.717, 1.165) is 12.1 Å². The summed E-state index contributed by atoms with van der Waals surface area (Å²) >= 11 is 5.69. The number of ether oxygens (including phenoxy) is 1. The Balaban J connectivity index is 2.18. The fourth-order valence-corrected chi connectivity index (χ4v) is 2.57. The second-order valence-corrected chi connectivity index (χ2v) is 6.03. The molecule has 3 rings (SSSR count). The van der Waals surface area contributed by atoms with Crippen LogP contribution < -0.4 is 16.2 Å². The Morgan fingerprint density at radius 2 is 2.00 bits per heavy atom. The predicted molar refractivity (Wildman–Crippen MR) is 89.4 cm³/mol. The van der Waals surface area contributed by atoms with Gasteiger partial charge in [0.1, 0.15) is 16.5 Å². The molecule has 0 aliphatic heterocycles. The molecule has 0 radical (unpaired) electrons. The number of halogens is 5. The number of nitrogens with zero attached hydrogens (tertiary/aromatic N) is 4. The van der Waals surface area contributed by atoms with Crippen LogP contribution in [0.2, 0.25) is 5.02 Å². The molecule has 2 heterocycles. The lowest BCUT2D eigenvalue weighted by Crippen LogP contribution is -2.29. The molecule has 160 valence electrons. The molecule has 0 atom stereocenters. The van der Waals surface area contributed by atoms with E-state index in [2.05, 4.69) is 29.4 Å². The number of aromatic nitrogens is 4. The van der Waals surface area contributed by atoms with E-state index in [4.69, 9.17) is 17.3 Å². The van der Waals surface area contributed by atoms with Gasteiger partial charge < -0.3 is 10.5 Å². The summed E-state index contributed by atoms with van der Waals surface area (Å²) in [4.78, 5) is 23.5. The number of esters is 1. The van der Waals surface area contributed by atoms with Gasteiger partial charge in [-0.3, -0.25) is 4.52 Å². The van der Waals surface area contributed by atoms with Gasteiger partial charge in [-0.15, -0.1) is 0 Å². The fraction of sp³-hybridized carbons (Fsp3) is 0.267. The lowest BCUT2D eigenvalue weighted by molar-refractivity contribution is -0.189. The van der Waals surface area contributed by atoms with Crippen molar-refractivity contribution in [3.63, 3.8) is 0 Å². The number of hydrogen-bond donors (Lipinski definition) is 1. The maximum Gasteiger partial charge on any atom is 0.491 e. The lowest BCUT2D eigenvalue weighted by atomic mass is 10.2. The molecule has 0 amide bonds. The third-order valence-electron chi connectivity index (χ3n) is 3.69. The summed E-state index contributed by atoms with van der Waals surface area (Å²) in [5.41, 5.74) is 4.99. The summed E-state index contributed by atoms with van der Waals surface area (Å²) in [7, 11) is 0. The summed E-state index contributed by atoms with van der Waals surface area (Å²) in [6, 6.07) is 1.58. The Morgan fingerprint density at radius 3 is 2.67 bits per heavy atom. The summed E-state index contributed by atoms with van der Waals surface area (Å²) in [6.45, 7) is 0.295. The number of carbonyl (C=O) groups is 1. The average Bonchev–Trinajstić information content (AvgIpc) is 3.29. The van der Waals surface area contributed by atoms with Gasteiger partial charge in [-0.2, -0.15) is 13.2 Å². The highest BCUT2D eigenvalue weighted by molar-refractivity contribution is 6.32. The van der Waals surface area contributed by atoms with Gasteiger partial charge in [0, 0.05) is 0 Å². The second kappa shape index (κ2) is 8.23. The first-order valence-corrected chi connectivity index (χ1v) is 8.41. The highest BCUT2D eigenvalue weighted by atomic mass is 35.5. The number of benzene rings is 1. The molecule has 1 aromatic carbocycles. The predicted octanol–water partition coefficient (Wildman–Crippen LogP) is 2.03. The SMILES string of the molecule is NCCCc1nonc1-c1noc(=O)n1-c1ccc(F)c(Cl)c1OC(=O)C(F)(F)F. The summed E-state index contributed by atoms with van der Waals surface area (Å²) in [6.07, 6.45) is -4.70. The number of rotatable bonds is 6. The standard InChI is InChI=1S/C15H10ClF4N5O5/c16-9-6(17)3-4-8(11(9)28-13(26)15(18,19)20)25-12(24-29-14(25)27)10-7(2-1-5-21)22-30-23-10/h3-4H,1-2,5,21H2. The number of hydrogen-bond acceptors (Lipinski definition) is 9. The molecular formula is C15H10ClF4N5O5. The van der Waals surface area contributed by atoms with Gasteiger partial charge in [0.25, 0.3) is 0 Å². The van der Waals surface area contributed by atoms with Crippen LogP contribution >= 0.6 is 11.6 Å². The van der Waals surface area contributed by atoms with E-state index in [1.54, 1.807) is 0 Å². The van der Waals surface area contributed by atoms with E-state index >= 15 is 0 Å². The first kappa shape index (κ1) is 21.4. The maximum atomic E-state index is 13.8. The van der Waals surface area contributed by atoms with E-state index in [0.29, 0.717) is 17.5 Å². The molecule has 3 aromatic rings. The summed E-state index contributed by atoms with van der Waals surface area (Å²) in [5, 5.41) is 9.78. The van der Waals surface area contributed by atoms with Crippen LogP contribution in [0.3, 0.4) is 0 Å². The van der Waals surface area contributed by atoms with E-state index < -0.39 is 40.2 Å². The average molecular weight is 452 g/mol. The van der Waals surface area contributed by atoms with Gasteiger partial charge in [-0.05, 0) is 36.7 Å². The first-order chi connectivity index (χ1) is 14.1. The normalized spacial score (nSPS) is 11.7. The van der Waals surface area contributed by atoms with Gasteiger partial charge in [0.15, 0.2) is 11.4 Å². The molecular weight excluding hydrogens is 442 g/mol. The van der Waals surface area contributed by atoms with Crippen molar-refractivity contribution >= 4 is 17.6 Å². The van der Waals surface area contributed by atoms with E-state index in [1.807, 2.05) is 0 Å². The van der Waals surface area contributed by atoms with Crippen LogP contribution in [0.1, 0.15) is 12.1 Å². The Bertz CT molecular complexity index is 1140. The zero-order valence-corrected chi connectivity index (χ0v) is 15.3. The van der Waals surface area contributed by atoms with E-state index in [1.165, 1.54) is 0 Å². The maximum absolute atomic E-state index is 13.8. The van der Waals surface area contributed by atoms with Gasteiger partial charge in [-0.25, -0.2) is 23.2 Å². The Morgan fingerprint density at radius 1 is 1.27 bits per heavy atom. The molecule has 0 spiro atoms. The van der Waals surface area contributed by atoms with Crippen LogP contribution in [-0.2, 0) is 11.2 Å². The van der Waals surface area contributed by atoms with Crippen LogP contribution in [0.5, 0.6) is 5.75 Å². The molecule has 0 saturated heterocycles. The summed E-state index contributed by atoms with van der Waals surface area (Å²) in [5.74, 6) is -6.55. The monoisotopic (exact) mass is 451 g/mol. The number of carbonyl (C=O) groups excluding carboxylic acids is 1. The smallest absolute Gasteiger partial charge is 0.416 e. The Kier molecular flexibility index (Phi) is 5.89. The number of alkyl halides is 3. The van der Waals surface area contributed by atoms with Crippen molar-refractivity contribution in [2.24, 2.45) is 5.73 Å². The van der Waals surface area contributed by atoms with Crippen LogP contribution in [0.4, 0.5) is 17.6 Å². The minimum atomic E-state index is -5.42. The quantitative estimate of drug-likeness (QED) is 0.338. The molecule has 2 N–H and O–H groups in total. The lowest BCUT2D eigenvalue weighted by Gasteiger charge is -2.13. The molecule has 15 heteroatoms. The van der Waals surface area contributed by atoms with E-state index in [-0.39, 0.29) is 23.6 Å². The van der Waals surface area contributed by atoms with Crippen LogP contribution in [0, 0.1) is 5.82 Å². The van der Waals surface area contributed by atoms with Crippen molar-refractivity contribution in [1.82, 2.24) is 20.0 Å². The second-order valence-electron chi connectivity index (χ2n) is 5.66. The van der Waals surface area contributed by atoms with Crippen LogP contribution in [-0.4, -0.2) is 38.7 Å². The van der Waals surface area contributed by atoms with E-state index in [9.17, 15) is 27.2 Å². The fourth-order valence-electron chi connectivity index (χ4n) is 2.37. The molecule has 0 unspecified atom stereocenters. The van der Waals surface area contributed by atoms with Crippen LogP contribution in [0.25, 0.3) is 17.2 Å². The molecule has 10 nitrogen and oxygen atoms in total. The molecule has 0 bridgehead atoms. The molecule has 0 fully saturated rings. The topological polar surface area (TPSA) is 139 Å². The Labute approximate surface area is 168 Å². The highest BCUT2D eigenvalue weighted by Crippen LogP contribution is 2.36. The van der Waals surface area contributed by atoms with Crippen molar-refractivity contribution in [2.75, 3.05) is 6.54 Å². The minimum Gasteiger partial charge on any atom is -0.416 e. The highest BCUT2D eigenvalue weighted by Gasteiger charge is 2.42. The largest absolute Gasteiger partial charge is 0.491 e. The van der Waals surface area contributed by atoms with Crippen LogP contribution in [0.15, 0.2) is 26.1 Å². The zero-order valence-electron chi connectivity index (χ0n) is 14.6. The van der Waals surface area contributed by atoms with Gasteiger partial charge in [0.05, 0.1) is 5.69 Å². The number of nitrogens with two attached hydrogens (primary N) is 1. The molecule has 30 heavy (non-hydrogen) atoms. The zero-order chi connectivity index (χ0) is 22.1. The Hall–Kier alpha value is -3.26. The first-order valence-electron chi connectivity index (χ1n) is 8.03. The molecule has 2 aromatic heterocycles. The third-order valence-corrected chi connectivity index (χ3v) is 4.04. The number of aryl methyl sites for hydroxylation is 1. The van der Waals surface area contributed by atoms with Crippen molar-refractivity contribution in [1.29, 1.82) is 0 Å². The van der Waals surface area contributed by atoms with Gasteiger partial charge in [0.2, 0.25) is 5.82 Å². The van der Waals surface area contributed by atoms with Crippen molar-refractivity contribution in [3.05, 3.63) is 39.2 Å². The molecule has 0 aliphatic rings. The molecule has 0 aliphatic carbocycles. The van der Waals surface area contributed by atoms with Crippen molar-refractivity contribution < 1.29 is 36.2 Å². The summed E-state index contributed by atoms with van der Waals surface area (Å²) < 4.78 is 65.8. The van der Waals surface area contributed by atoms with Gasteiger partial charge in [-0.1, -0.05) is 21.9 Å². The minimum absolute atomic E-state index is 0.0946.